The molecule has 1 N–H and O–H groups in total. The van der Waals surface area contributed by atoms with Gasteiger partial charge in [0.1, 0.15) is 6.26 Å². The molecule has 1 aromatic rings. The van der Waals surface area contributed by atoms with Crippen LogP contribution in [0.2, 0.25) is 0 Å². The molecule has 0 saturated carbocycles. The van der Waals surface area contributed by atoms with E-state index in [9.17, 15) is 0 Å². The van der Waals surface area contributed by atoms with Crippen LogP contribution in [0.15, 0.2) is 42.8 Å². The highest BCUT2D eigenvalue weighted by Gasteiger charge is 2.04. The molecular weight excluding hydrogens is 156 g/mol. The fraction of sp³-hybridized carbons (Fsp3) is 0. The van der Waals surface area contributed by atoms with Gasteiger partial charge in [-0.2, -0.15) is 0 Å². The van der Waals surface area contributed by atoms with Crippen molar-refractivity contribution in [3.63, 3.8) is 0 Å². The predicted octanol–water partition coefficient (Wildman–Crippen LogP) is 1.20. The Balaban J connectivity index is 1.99. The number of hydrogen-bond acceptors (Lipinski definition) is 4. The molecule has 0 radical (unpaired) electrons. The number of hydroxylamine groups is 1. The quantitative estimate of drug-likeness (QED) is 0.712. The Morgan fingerprint density at radius 1 is 1.25 bits per heavy atom. The molecular formula is C8H8N2O2. The van der Waals surface area contributed by atoms with Gasteiger partial charge in [-0.25, -0.2) is 0 Å². The first kappa shape index (κ1) is 7.00. The van der Waals surface area contributed by atoms with Gasteiger partial charge >= 0.3 is 0 Å². The van der Waals surface area contributed by atoms with Gasteiger partial charge in [0.15, 0.2) is 5.75 Å². The zero-order valence-electron chi connectivity index (χ0n) is 6.31. The van der Waals surface area contributed by atoms with Gasteiger partial charge < -0.3 is 9.68 Å². The van der Waals surface area contributed by atoms with Crippen LogP contribution in [0.25, 0.3) is 0 Å². The lowest BCUT2D eigenvalue weighted by atomic mass is 10.3. The molecule has 4 nitrogen and oxygen atoms in total. The average molecular weight is 164 g/mol. The molecule has 0 spiro atoms. The maximum Gasteiger partial charge on any atom is 0.157 e. The van der Waals surface area contributed by atoms with E-state index >= 15 is 0 Å². The molecule has 0 atom stereocenters. The summed E-state index contributed by atoms with van der Waals surface area (Å²) in [5, 5.41) is 1.37. The van der Waals surface area contributed by atoms with Crippen LogP contribution >= 0.6 is 0 Å². The predicted molar refractivity (Wildman–Crippen MR) is 42.3 cm³/mol. The second kappa shape index (κ2) is 3.15. The van der Waals surface area contributed by atoms with Crippen LogP contribution in [-0.4, -0.2) is 5.17 Å². The summed E-state index contributed by atoms with van der Waals surface area (Å²) in [6.45, 7) is 0. The summed E-state index contributed by atoms with van der Waals surface area (Å²) in [5.41, 5.74) is 2.51. The van der Waals surface area contributed by atoms with E-state index in [-0.39, 0.29) is 0 Å². The molecule has 0 bridgehead atoms. The fourth-order valence-electron chi connectivity index (χ4n) is 0.842. The lowest BCUT2D eigenvalue weighted by molar-refractivity contribution is -0.132. The zero-order chi connectivity index (χ0) is 8.23. The van der Waals surface area contributed by atoms with Crippen LogP contribution in [0, 0.1) is 0 Å². The van der Waals surface area contributed by atoms with Crippen LogP contribution in [0.5, 0.6) is 5.75 Å². The topological polar surface area (TPSA) is 33.7 Å². The first-order valence-corrected chi connectivity index (χ1v) is 3.55. The van der Waals surface area contributed by atoms with Crippen molar-refractivity contribution in [2.75, 3.05) is 0 Å². The van der Waals surface area contributed by atoms with Crippen LogP contribution in [0.3, 0.4) is 0 Å². The molecule has 0 saturated heterocycles. The minimum absolute atomic E-state index is 0.750. The molecule has 0 unspecified atom stereocenters. The van der Waals surface area contributed by atoms with Gasteiger partial charge in [-0.05, 0) is 17.7 Å². The van der Waals surface area contributed by atoms with Gasteiger partial charge in [-0.1, -0.05) is 18.2 Å². The monoisotopic (exact) mass is 164 g/mol. The Labute approximate surface area is 69.9 Å². The van der Waals surface area contributed by atoms with E-state index in [0.29, 0.717) is 0 Å². The maximum absolute atomic E-state index is 5.29. The van der Waals surface area contributed by atoms with Crippen LogP contribution in [0.4, 0.5) is 0 Å². The highest BCUT2D eigenvalue weighted by Crippen LogP contribution is 2.10. The minimum atomic E-state index is 0.750. The Morgan fingerprint density at radius 3 is 2.75 bits per heavy atom. The van der Waals surface area contributed by atoms with Crippen molar-refractivity contribution in [3.8, 4) is 5.75 Å². The summed E-state index contributed by atoms with van der Waals surface area (Å²) >= 11 is 0. The number of benzene rings is 1. The van der Waals surface area contributed by atoms with E-state index in [1.165, 1.54) is 11.4 Å². The number of nitrogens with zero attached hydrogens (tertiary/aromatic N) is 1. The molecule has 1 aliphatic rings. The first-order valence-electron chi connectivity index (χ1n) is 3.55. The van der Waals surface area contributed by atoms with Gasteiger partial charge in [0.05, 0.1) is 6.20 Å². The van der Waals surface area contributed by atoms with E-state index in [2.05, 4.69) is 5.59 Å². The number of para-hydroxylation sites is 1. The molecule has 1 heterocycles. The van der Waals surface area contributed by atoms with Gasteiger partial charge in [-0.15, -0.1) is 5.17 Å². The molecule has 0 aromatic heterocycles. The van der Waals surface area contributed by atoms with Gasteiger partial charge in [-0.3, -0.25) is 0 Å². The van der Waals surface area contributed by atoms with Crippen molar-refractivity contribution in [1.29, 1.82) is 0 Å². The van der Waals surface area contributed by atoms with Crippen LogP contribution in [-0.2, 0) is 4.84 Å². The van der Waals surface area contributed by atoms with Crippen molar-refractivity contribution in [2.24, 2.45) is 0 Å². The number of hydrazine groups is 1. The van der Waals surface area contributed by atoms with E-state index in [0.717, 1.165) is 5.75 Å². The van der Waals surface area contributed by atoms with E-state index in [4.69, 9.17) is 9.68 Å². The van der Waals surface area contributed by atoms with Gasteiger partial charge in [0.25, 0.3) is 0 Å². The summed E-state index contributed by atoms with van der Waals surface area (Å²) < 4.78 is 0. The van der Waals surface area contributed by atoms with Gasteiger partial charge in [0.2, 0.25) is 0 Å². The van der Waals surface area contributed by atoms with E-state index in [1.54, 1.807) is 6.20 Å². The second-order valence-corrected chi connectivity index (χ2v) is 2.22. The molecule has 12 heavy (non-hydrogen) atoms. The molecule has 0 aliphatic carbocycles. The lowest BCUT2D eigenvalue weighted by Crippen LogP contribution is -2.30. The van der Waals surface area contributed by atoms with Crippen molar-refractivity contribution < 1.29 is 9.68 Å². The van der Waals surface area contributed by atoms with Crippen molar-refractivity contribution in [3.05, 3.63) is 42.8 Å². The average Bonchev–Trinajstić information content (AvgIpc) is 2.59. The van der Waals surface area contributed by atoms with Crippen molar-refractivity contribution in [1.82, 2.24) is 10.8 Å². The Morgan fingerprint density at radius 2 is 2.08 bits per heavy atom. The summed E-state index contributed by atoms with van der Waals surface area (Å²) in [6.07, 6.45) is 3.12. The largest absolute Gasteiger partial charge is 0.392 e. The molecule has 1 aliphatic heterocycles. The normalized spacial score (nSPS) is 14.5. The summed E-state index contributed by atoms with van der Waals surface area (Å²) in [5.74, 6) is 0.750. The second-order valence-electron chi connectivity index (χ2n) is 2.22. The molecule has 0 fully saturated rings. The van der Waals surface area contributed by atoms with E-state index < -0.39 is 0 Å². The highest BCUT2D eigenvalue weighted by atomic mass is 16.8. The smallest absolute Gasteiger partial charge is 0.157 e. The first-order chi connectivity index (χ1) is 5.95. The standard InChI is InChI=1S/C8H8N2O2/c1-2-4-8(5-3-1)12-10-6-7-11-9-10/h1-7,9H. The Hall–Kier alpha value is -1.68. The number of nitrogens with one attached hydrogen (secondary N) is 1. The third-order valence-corrected chi connectivity index (χ3v) is 1.35. The Kier molecular flexibility index (Phi) is 1.83. The lowest BCUT2D eigenvalue weighted by Gasteiger charge is -2.13. The van der Waals surface area contributed by atoms with Crippen molar-refractivity contribution in [2.45, 2.75) is 0 Å². The third-order valence-electron chi connectivity index (χ3n) is 1.35. The van der Waals surface area contributed by atoms with Gasteiger partial charge in [0, 0.05) is 0 Å². The number of hydrogen-bond donors (Lipinski definition) is 1. The van der Waals surface area contributed by atoms with Crippen LogP contribution in [0.1, 0.15) is 0 Å². The molecule has 2 rings (SSSR count). The summed E-state index contributed by atoms with van der Waals surface area (Å²) in [6, 6.07) is 9.43. The molecule has 0 amide bonds. The summed E-state index contributed by atoms with van der Waals surface area (Å²) in [7, 11) is 0. The van der Waals surface area contributed by atoms with E-state index in [1.807, 2.05) is 30.3 Å². The molecule has 4 heteroatoms. The SMILES string of the molecule is C1=CN(Oc2ccccc2)NO1. The van der Waals surface area contributed by atoms with Crippen LogP contribution < -0.4 is 10.4 Å². The molecule has 1 aromatic carbocycles. The Bertz CT molecular complexity index is 274. The minimum Gasteiger partial charge on any atom is -0.392 e. The fourth-order valence-corrected chi connectivity index (χ4v) is 0.842. The molecule has 62 valence electrons. The summed E-state index contributed by atoms with van der Waals surface area (Å²) in [4.78, 5) is 9.99. The number of rotatable bonds is 2. The maximum atomic E-state index is 5.29. The van der Waals surface area contributed by atoms with Crippen molar-refractivity contribution >= 4 is 0 Å². The zero-order valence-corrected chi connectivity index (χ0v) is 6.31. The highest BCUT2D eigenvalue weighted by molar-refractivity contribution is 5.20. The third kappa shape index (κ3) is 1.49.